The molecule has 1 aromatic rings. The predicted octanol–water partition coefficient (Wildman–Crippen LogP) is 2.43. The van der Waals surface area contributed by atoms with Gasteiger partial charge in [-0.05, 0) is 50.5 Å². The second kappa shape index (κ2) is 5.28. The number of anilines is 1. The average Bonchev–Trinajstić information content (AvgIpc) is 2.32. The van der Waals surface area contributed by atoms with Crippen molar-refractivity contribution in [1.82, 2.24) is 4.72 Å². The number of nitrogen functional groups attached to an aromatic ring is 1. The molecule has 0 heterocycles. The van der Waals surface area contributed by atoms with Gasteiger partial charge >= 0.3 is 0 Å². The molecule has 0 atom stereocenters. The molecule has 0 unspecified atom stereocenters. The minimum atomic E-state index is -3.49. The molecule has 0 aliphatic heterocycles. The maximum atomic E-state index is 12.3. The zero-order valence-electron chi connectivity index (χ0n) is 11.4. The van der Waals surface area contributed by atoms with E-state index in [2.05, 4.69) is 4.72 Å². The monoisotopic (exact) mass is 270 g/mol. The van der Waals surface area contributed by atoms with Crippen LogP contribution in [0.3, 0.4) is 0 Å². The molecule has 1 rings (SSSR count). The topological polar surface area (TPSA) is 72.2 Å². The summed E-state index contributed by atoms with van der Waals surface area (Å²) in [6, 6.07) is 4.76. The molecule has 1 aromatic carbocycles. The molecule has 0 spiro atoms. The lowest BCUT2D eigenvalue weighted by molar-refractivity contribution is 0.388. The summed E-state index contributed by atoms with van der Waals surface area (Å²) in [7, 11) is -3.49. The van der Waals surface area contributed by atoms with Crippen LogP contribution in [0, 0.1) is 6.92 Å². The van der Waals surface area contributed by atoms with E-state index in [9.17, 15) is 8.42 Å². The van der Waals surface area contributed by atoms with E-state index >= 15 is 0 Å². The van der Waals surface area contributed by atoms with Crippen LogP contribution in [0.25, 0.3) is 0 Å². The number of benzene rings is 1. The summed E-state index contributed by atoms with van der Waals surface area (Å²) in [4.78, 5) is 0.266. The van der Waals surface area contributed by atoms with Crippen LogP contribution in [-0.4, -0.2) is 14.0 Å². The molecule has 0 aliphatic carbocycles. The molecule has 0 saturated heterocycles. The van der Waals surface area contributed by atoms with Crippen molar-refractivity contribution in [2.24, 2.45) is 0 Å². The number of hydrogen-bond donors (Lipinski definition) is 2. The lowest BCUT2D eigenvalue weighted by atomic mass is 9.98. The van der Waals surface area contributed by atoms with Crippen LogP contribution in [0.2, 0.25) is 0 Å². The van der Waals surface area contributed by atoms with Gasteiger partial charge in [0, 0.05) is 11.2 Å². The van der Waals surface area contributed by atoms with E-state index < -0.39 is 15.6 Å². The Hall–Kier alpha value is -1.07. The van der Waals surface area contributed by atoms with Crippen molar-refractivity contribution in [3.63, 3.8) is 0 Å². The van der Waals surface area contributed by atoms with Gasteiger partial charge in [0.15, 0.2) is 0 Å². The summed E-state index contributed by atoms with van der Waals surface area (Å²) in [5.41, 5.74) is 6.66. The van der Waals surface area contributed by atoms with Gasteiger partial charge in [0.25, 0.3) is 0 Å². The Morgan fingerprint density at radius 3 is 2.28 bits per heavy atom. The van der Waals surface area contributed by atoms with Crippen molar-refractivity contribution in [3.8, 4) is 0 Å². The third-order valence-corrected chi connectivity index (χ3v) is 5.13. The van der Waals surface area contributed by atoms with E-state index in [1.54, 1.807) is 19.1 Å². The van der Waals surface area contributed by atoms with Crippen molar-refractivity contribution < 1.29 is 8.42 Å². The highest BCUT2D eigenvalue weighted by molar-refractivity contribution is 7.89. The number of nitrogens with one attached hydrogen (secondary N) is 1. The highest BCUT2D eigenvalue weighted by Gasteiger charge is 2.27. The van der Waals surface area contributed by atoms with E-state index in [4.69, 9.17) is 5.73 Å². The van der Waals surface area contributed by atoms with Gasteiger partial charge in [0.1, 0.15) is 0 Å². The Morgan fingerprint density at radius 2 is 1.83 bits per heavy atom. The molecule has 3 N–H and O–H groups in total. The normalized spacial score (nSPS) is 12.7. The number of rotatable bonds is 5. The summed E-state index contributed by atoms with van der Waals surface area (Å²) >= 11 is 0. The van der Waals surface area contributed by atoms with Crippen LogP contribution in [0.1, 0.15) is 39.2 Å². The fraction of sp³-hybridized carbons (Fsp3) is 0.538. The third kappa shape index (κ3) is 3.23. The highest BCUT2D eigenvalue weighted by atomic mass is 32.2. The first-order valence-corrected chi connectivity index (χ1v) is 7.62. The summed E-state index contributed by atoms with van der Waals surface area (Å²) in [5.74, 6) is 0. The molecule has 0 saturated carbocycles. The Balaban J connectivity index is 3.10. The van der Waals surface area contributed by atoms with Crippen LogP contribution in [-0.2, 0) is 10.0 Å². The fourth-order valence-corrected chi connectivity index (χ4v) is 3.23. The molecule has 0 amide bonds. The molecule has 0 aliphatic rings. The summed E-state index contributed by atoms with van der Waals surface area (Å²) in [5, 5.41) is 0. The summed E-state index contributed by atoms with van der Waals surface area (Å²) in [6.45, 7) is 7.66. The van der Waals surface area contributed by atoms with Gasteiger partial charge in [-0.1, -0.05) is 13.8 Å². The summed E-state index contributed by atoms with van der Waals surface area (Å²) in [6.07, 6.45) is 1.49. The van der Waals surface area contributed by atoms with Crippen LogP contribution < -0.4 is 10.5 Å². The molecule has 18 heavy (non-hydrogen) atoms. The maximum absolute atomic E-state index is 12.3. The SMILES string of the molecule is CCC(C)(CC)NS(=O)(=O)c1ccc(N)c(C)c1. The van der Waals surface area contributed by atoms with E-state index in [0.29, 0.717) is 5.69 Å². The molecular formula is C13H22N2O2S. The lowest BCUT2D eigenvalue weighted by Gasteiger charge is -2.27. The van der Waals surface area contributed by atoms with E-state index in [-0.39, 0.29) is 4.90 Å². The number of hydrogen-bond acceptors (Lipinski definition) is 3. The highest BCUT2D eigenvalue weighted by Crippen LogP contribution is 2.21. The van der Waals surface area contributed by atoms with Crippen molar-refractivity contribution in [1.29, 1.82) is 0 Å². The molecular weight excluding hydrogens is 248 g/mol. The van der Waals surface area contributed by atoms with Gasteiger partial charge < -0.3 is 5.73 Å². The zero-order chi connectivity index (χ0) is 14.0. The number of nitrogens with two attached hydrogens (primary N) is 1. The van der Waals surface area contributed by atoms with Crippen molar-refractivity contribution in [3.05, 3.63) is 23.8 Å². The van der Waals surface area contributed by atoms with Gasteiger partial charge in [-0.3, -0.25) is 0 Å². The minimum Gasteiger partial charge on any atom is -0.399 e. The van der Waals surface area contributed by atoms with Gasteiger partial charge in [0.2, 0.25) is 10.0 Å². The van der Waals surface area contributed by atoms with Crippen molar-refractivity contribution in [2.75, 3.05) is 5.73 Å². The van der Waals surface area contributed by atoms with Gasteiger partial charge in [-0.25, -0.2) is 13.1 Å². The zero-order valence-corrected chi connectivity index (χ0v) is 12.3. The van der Waals surface area contributed by atoms with Crippen LogP contribution in [0.4, 0.5) is 5.69 Å². The first-order valence-electron chi connectivity index (χ1n) is 6.14. The minimum absolute atomic E-state index is 0.266. The quantitative estimate of drug-likeness (QED) is 0.807. The number of aryl methyl sites for hydroxylation is 1. The van der Waals surface area contributed by atoms with E-state index in [1.165, 1.54) is 6.07 Å². The van der Waals surface area contributed by atoms with E-state index in [1.807, 2.05) is 20.8 Å². The largest absolute Gasteiger partial charge is 0.399 e. The number of sulfonamides is 1. The van der Waals surface area contributed by atoms with E-state index in [0.717, 1.165) is 18.4 Å². The molecule has 0 aromatic heterocycles. The Labute approximate surface area is 110 Å². The molecule has 5 heteroatoms. The second-order valence-corrected chi connectivity index (χ2v) is 6.57. The van der Waals surface area contributed by atoms with Crippen LogP contribution in [0.15, 0.2) is 23.1 Å². The van der Waals surface area contributed by atoms with Gasteiger partial charge in [0.05, 0.1) is 4.90 Å². The first-order chi connectivity index (χ1) is 8.24. The second-order valence-electron chi connectivity index (χ2n) is 4.89. The van der Waals surface area contributed by atoms with Crippen LogP contribution >= 0.6 is 0 Å². The predicted molar refractivity (Wildman–Crippen MR) is 74.9 cm³/mol. The molecule has 0 radical (unpaired) electrons. The Morgan fingerprint density at radius 1 is 1.28 bits per heavy atom. The van der Waals surface area contributed by atoms with Crippen molar-refractivity contribution in [2.45, 2.75) is 51.0 Å². The Kier molecular flexibility index (Phi) is 4.40. The molecule has 0 fully saturated rings. The Bertz CT molecular complexity index is 520. The maximum Gasteiger partial charge on any atom is 0.241 e. The van der Waals surface area contributed by atoms with Crippen molar-refractivity contribution >= 4 is 15.7 Å². The van der Waals surface area contributed by atoms with Crippen LogP contribution in [0.5, 0.6) is 0 Å². The molecule has 102 valence electrons. The standard InChI is InChI=1S/C13H22N2O2S/c1-5-13(4,6-2)15-18(16,17)11-7-8-12(14)10(3)9-11/h7-9,15H,5-6,14H2,1-4H3. The average molecular weight is 270 g/mol. The fourth-order valence-electron chi connectivity index (χ4n) is 1.59. The third-order valence-electron chi connectivity index (χ3n) is 3.49. The van der Waals surface area contributed by atoms with Gasteiger partial charge in [-0.15, -0.1) is 0 Å². The smallest absolute Gasteiger partial charge is 0.241 e. The molecule has 4 nitrogen and oxygen atoms in total. The summed E-state index contributed by atoms with van der Waals surface area (Å²) < 4.78 is 27.3. The van der Waals surface area contributed by atoms with Gasteiger partial charge in [-0.2, -0.15) is 0 Å². The molecule has 0 bridgehead atoms. The first kappa shape index (κ1) is 15.0. The lowest BCUT2D eigenvalue weighted by Crippen LogP contribution is -2.44.